The highest BCUT2D eigenvalue weighted by Crippen LogP contribution is 2.10. The fourth-order valence-corrected chi connectivity index (χ4v) is 2.00. The summed E-state index contributed by atoms with van der Waals surface area (Å²) in [7, 11) is 1.96. The Kier molecular flexibility index (Phi) is 6.42. The molecule has 0 aromatic heterocycles. The second-order valence-electron chi connectivity index (χ2n) is 4.33. The number of nitrogens with zero attached hydrogens (tertiary/aromatic N) is 1. The molecule has 1 rings (SSSR count). The van der Waals surface area contributed by atoms with Gasteiger partial charge in [-0.25, -0.2) is 0 Å². The van der Waals surface area contributed by atoms with Crippen molar-refractivity contribution in [1.82, 2.24) is 10.2 Å². The van der Waals surface area contributed by atoms with Gasteiger partial charge >= 0.3 is 0 Å². The third-order valence-electron chi connectivity index (χ3n) is 2.99. The van der Waals surface area contributed by atoms with E-state index in [1.165, 1.54) is 6.42 Å². The first-order valence-electron chi connectivity index (χ1n) is 6.30. The molecule has 0 aliphatic carbocycles. The van der Waals surface area contributed by atoms with E-state index in [0.717, 1.165) is 32.5 Å². The van der Waals surface area contributed by atoms with E-state index >= 15 is 0 Å². The zero-order chi connectivity index (χ0) is 11.8. The second kappa shape index (κ2) is 7.63. The lowest BCUT2D eigenvalue weighted by Crippen LogP contribution is -2.47. The van der Waals surface area contributed by atoms with E-state index in [1.54, 1.807) is 0 Å². The van der Waals surface area contributed by atoms with Crippen molar-refractivity contribution < 1.29 is 9.53 Å². The van der Waals surface area contributed by atoms with Gasteiger partial charge in [0.15, 0.2) is 0 Å². The summed E-state index contributed by atoms with van der Waals surface area (Å²) >= 11 is 0. The van der Waals surface area contributed by atoms with Crippen LogP contribution < -0.4 is 5.32 Å². The van der Waals surface area contributed by atoms with Crippen molar-refractivity contribution in [2.45, 2.75) is 38.6 Å². The minimum Gasteiger partial charge on any atom is -0.381 e. The van der Waals surface area contributed by atoms with Crippen LogP contribution in [0.15, 0.2) is 0 Å². The van der Waals surface area contributed by atoms with Crippen LogP contribution in [0.4, 0.5) is 0 Å². The Bertz CT molecular complexity index is 209. The van der Waals surface area contributed by atoms with Crippen molar-refractivity contribution in [1.29, 1.82) is 0 Å². The van der Waals surface area contributed by atoms with Crippen LogP contribution in [0.1, 0.15) is 32.6 Å². The van der Waals surface area contributed by atoms with Gasteiger partial charge in [0.05, 0.1) is 13.0 Å². The molecule has 0 saturated carbocycles. The maximum atomic E-state index is 11.8. The molecule has 16 heavy (non-hydrogen) atoms. The quantitative estimate of drug-likeness (QED) is 0.690. The van der Waals surface area contributed by atoms with E-state index in [9.17, 15) is 4.79 Å². The number of ether oxygens (including phenoxy) is 1. The molecule has 4 nitrogen and oxygen atoms in total. The van der Waals surface area contributed by atoms with Gasteiger partial charge in [-0.1, -0.05) is 6.92 Å². The van der Waals surface area contributed by atoms with Crippen LogP contribution in [-0.2, 0) is 9.53 Å². The summed E-state index contributed by atoms with van der Waals surface area (Å²) in [6, 6.07) is 0.467. The third-order valence-corrected chi connectivity index (χ3v) is 2.99. The number of hydrogen-bond acceptors (Lipinski definition) is 3. The van der Waals surface area contributed by atoms with E-state index in [-0.39, 0.29) is 5.91 Å². The summed E-state index contributed by atoms with van der Waals surface area (Å²) in [6.07, 6.45) is 3.82. The van der Waals surface area contributed by atoms with Crippen LogP contribution in [-0.4, -0.2) is 50.2 Å². The number of nitrogens with one attached hydrogen (secondary N) is 1. The van der Waals surface area contributed by atoms with Crippen LogP contribution >= 0.6 is 0 Å². The standard InChI is InChI=1S/C12H24N2O2/c1-3-8-16-9-6-12(15)14-7-4-5-11(10-14)13-2/h11,13H,3-10H2,1-2H3. The second-order valence-corrected chi connectivity index (χ2v) is 4.33. The molecule has 1 atom stereocenters. The first-order valence-corrected chi connectivity index (χ1v) is 6.30. The molecule has 1 fully saturated rings. The predicted octanol–water partition coefficient (Wildman–Crippen LogP) is 1.01. The minimum atomic E-state index is 0.232. The van der Waals surface area contributed by atoms with E-state index in [1.807, 2.05) is 11.9 Å². The van der Waals surface area contributed by atoms with Gasteiger partial charge < -0.3 is 15.0 Å². The number of likely N-dealkylation sites (tertiary alicyclic amines) is 1. The highest BCUT2D eigenvalue weighted by atomic mass is 16.5. The summed E-state index contributed by atoms with van der Waals surface area (Å²) in [5.74, 6) is 0.232. The van der Waals surface area contributed by atoms with Gasteiger partial charge in [0.1, 0.15) is 0 Å². The first-order chi connectivity index (χ1) is 7.77. The van der Waals surface area contributed by atoms with Gasteiger partial charge in [0.2, 0.25) is 5.91 Å². The molecular formula is C12H24N2O2. The van der Waals surface area contributed by atoms with Crippen molar-refractivity contribution in [3.63, 3.8) is 0 Å². The Morgan fingerprint density at radius 2 is 2.31 bits per heavy atom. The molecule has 1 amide bonds. The number of rotatable bonds is 6. The fourth-order valence-electron chi connectivity index (χ4n) is 2.00. The smallest absolute Gasteiger partial charge is 0.224 e. The van der Waals surface area contributed by atoms with Crippen LogP contribution in [0.25, 0.3) is 0 Å². The SMILES string of the molecule is CCCOCCC(=O)N1CCCC(NC)C1. The average molecular weight is 228 g/mol. The molecule has 4 heteroatoms. The van der Waals surface area contributed by atoms with E-state index in [0.29, 0.717) is 19.1 Å². The lowest BCUT2D eigenvalue weighted by atomic mass is 10.1. The fraction of sp³-hybridized carbons (Fsp3) is 0.917. The molecule has 0 aromatic rings. The van der Waals surface area contributed by atoms with Crippen LogP contribution in [0, 0.1) is 0 Å². The molecule has 0 bridgehead atoms. The van der Waals surface area contributed by atoms with Gasteiger partial charge in [0, 0.05) is 25.7 Å². The molecule has 1 aliphatic rings. The topological polar surface area (TPSA) is 41.6 Å². The largest absolute Gasteiger partial charge is 0.381 e. The Hall–Kier alpha value is -0.610. The number of piperidine rings is 1. The van der Waals surface area contributed by atoms with Gasteiger partial charge in [-0.3, -0.25) is 4.79 Å². The first kappa shape index (κ1) is 13.5. The summed E-state index contributed by atoms with van der Waals surface area (Å²) < 4.78 is 5.33. The van der Waals surface area contributed by atoms with Crippen molar-refractivity contribution in [2.24, 2.45) is 0 Å². The highest BCUT2D eigenvalue weighted by molar-refractivity contribution is 5.76. The van der Waals surface area contributed by atoms with E-state index < -0.39 is 0 Å². The maximum absolute atomic E-state index is 11.8. The van der Waals surface area contributed by atoms with Gasteiger partial charge in [-0.2, -0.15) is 0 Å². The van der Waals surface area contributed by atoms with Crippen molar-refractivity contribution in [3.05, 3.63) is 0 Å². The lowest BCUT2D eigenvalue weighted by Gasteiger charge is -2.32. The molecule has 94 valence electrons. The van der Waals surface area contributed by atoms with Gasteiger partial charge in [-0.05, 0) is 26.3 Å². The molecular weight excluding hydrogens is 204 g/mol. The number of amides is 1. The number of hydrogen-bond donors (Lipinski definition) is 1. The van der Waals surface area contributed by atoms with Gasteiger partial charge in [-0.15, -0.1) is 0 Å². The molecule has 0 aromatic carbocycles. The monoisotopic (exact) mass is 228 g/mol. The number of carbonyl (C=O) groups is 1. The van der Waals surface area contributed by atoms with Gasteiger partial charge in [0.25, 0.3) is 0 Å². The molecule has 0 spiro atoms. The average Bonchev–Trinajstić information content (AvgIpc) is 2.34. The highest BCUT2D eigenvalue weighted by Gasteiger charge is 2.21. The Morgan fingerprint density at radius 3 is 3.00 bits per heavy atom. The Labute approximate surface area is 98.3 Å². The predicted molar refractivity (Wildman–Crippen MR) is 64.4 cm³/mol. The van der Waals surface area contributed by atoms with Crippen LogP contribution in [0.2, 0.25) is 0 Å². The molecule has 1 N–H and O–H groups in total. The van der Waals surface area contributed by atoms with E-state index in [2.05, 4.69) is 12.2 Å². The Balaban J connectivity index is 2.19. The molecule has 1 heterocycles. The molecule has 1 unspecified atom stereocenters. The van der Waals surface area contributed by atoms with Crippen molar-refractivity contribution >= 4 is 5.91 Å². The zero-order valence-corrected chi connectivity index (χ0v) is 10.5. The Morgan fingerprint density at radius 1 is 1.50 bits per heavy atom. The van der Waals surface area contributed by atoms with Crippen molar-refractivity contribution in [3.8, 4) is 0 Å². The van der Waals surface area contributed by atoms with Crippen LogP contribution in [0.3, 0.4) is 0 Å². The molecule has 0 radical (unpaired) electrons. The van der Waals surface area contributed by atoms with Crippen LogP contribution in [0.5, 0.6) is 0 Å². The number of carbonyl (C=O) groups excluding carboxylic acids is 1. The maximum Gasteiger partial charge on any atom is 0.224 e. The summed E-state index contributed by atoms with van der Waals surface area (Å²) in [5, 5.41) is 3.24. The molecule has 1 saturated heterocycles. The summed E-state index contributed by atoms with van der Waals surface area (Å²) in [5.41, 5.74) is 0. The summed E-state index contributed by atoms with van der Waals surface area (Å²) in [6.45, 7) is 5.15. The minimum absolute atomic E-state index is 0.232. The van der Waals surface area contributed by atoms with Crippen molar-refractivity contribution in [2.75, 3.05) is 33.4 Å². The third kappa shape index (κ3) is 4.49. The molecule has 1 aliphatic heterocycles. The summed E-state index contributed by atoms with van der Waals surface area (Å²) in [4.78, 5) is 13.8. The normalized spacial score (nSPS) is 21.1. The number of likely N-dealkylation sites (N-methyl/N-ethyl adjacent to an activating group) is 1. The lowest BCUT2D eigenvalue weighted by molar-refractivity contribution is -0.133. The van der Waals surface area contributed by atoms with E-state index in [4.69, 9.17) is 4.74 Å². The zero-order valence-electron chi connectivity index (χ0n) is 10.5.